The molecule has 0 aliphatic heterocycles. The lowest BCUT2D eigenvalue weighted by Crippen LogP contribution is -2.33. The van der Waals surface area contributed by atoms with Crippen molar-refractivity contribution in [2.75, 3.05) is 26.8 Å². The van der Waals surface area contributed by atoms with Gasteiger partial charge >= 0.3 is 0 Å². The van der Waals surface area contributed by atoms with Crippen molar-refractivity contribution in [1.29, 1.82) is 0 Å². The van der Waals surface area contributed by atoms with Crippen LogP contribution in [0.4, 0.5) is 0 Å². The van der Waals surface area contributed by atoms with Gasteiger partial charge < -0.3 is 25.7 Å². The first-order chi connectivity index (χ1) is 14.5. The lowest BCUT2D eigenvalue weighted by Gasteiger charge is -2.14. The summed E-state index contributed by atoms with van der Waals surface area (Å²) in [6.45, 7) is 1.37. The number of methoxy groups -OCH3 is 1. The number of carbonyl (C=O) groups excluding carboxylic acids is 1. The highest BCUT2D eigenvalue weighted by Crippen LogP contribution is 2.33. The molecule has 0 fully saturated rings. The van der Waals surface area contributed by atoms with Crippen LogP contribution in [0.5, 0.6) is 11.5 Å². The van der Waals surface area contributed by atoms with Gasteiger partial charge in [0.25, 0.3) is 5.91 Å². The Kier molecular flexibility index (Phi) is 10.1. The predicted octanol–water partition coefficient (Wildman–Crippen LogP) is 3.68. The Morgan fingerprint density at radius 2 is 1.97 bits per heavy atom. The largest absolute Gasteiger partial charge is 0.497 e. The molecule has 0 aliphatic rings. The number of carbonyl (C=O) groups is 1. The molecule has 0 saturated carbocycles. The van der Waals surface area contributed by atoms with Crippen molar-refractivity contribution in [2.24, 2.45) is 10.9 Å². The van der Waals surface area contributed by atoms with Gasteiger partial charge in [-0.1, -0.05) is 33.2 Å². The van der Waals surface area contributed by atoms with E-state index in [-0.39, 0.29) is 12.1 Å². The van der Waals surface area contributed by atoms with Crippen LogP contribution < -0.4 is 20.5 Å². The van der Waals surface area contributed by atoms with Crippen LogP contribution in [0.2, 0.25) is 0 Å². The Morgan fingerprint density at radius 1 is 1.23 bits per heavy atom. The summed E-state index contributed by atoms with van der Waals surface area (Å²) >= 11 is 6.92. The third-order valence-corrected chi connectivity index (χ3v) is 5.33. The fourth-order valence-corrected chi connectivity index (χ4v) is 4.15. The molecule has 0 radical (unpaired) electrons. The second-order valence-corrected chi connectivity index (χ2v) is 8.21. The van der Waals surface area contributed by atoms with E-state index in [0.29, 0.717) is 43.9 Å². The maximum atomic E-state index is 12.5. The molecule has 0 atom stereocenters. The van der Waals surface area contributed by atoms with Crippen LogP contribution in [0.15, 0.2) is 50.5 Å². The molecular formula is C21H25Br2N3O4. The molecule has 162 valence electrons. The van der Waals surface area contributed by atoms with Crippen LogP contribution in [0.3, 0.4) is 0 Å². The summed E-state index contributed by atoms with van der Waals surface area (Å²) in [4.78, 5) is 12.5. The molecule has 0 bridgehead atoms. The van der Waals surface area contributed by atoms with E-state index < -0.39 is 5.91 Å². The third-order valence-electron chi connectivity index (χ3n) is 4.28. The van der Waals surface area contributed by atoms with Gasteiger partial charge in [0.15, 0.2) is 0 Å². The Bertz CT molecular complexity index is 873. The number of nitrogens with two attached hydrogens (primary N) is 1. The van der Waals surface area contributed by atoms with E-state index in [9.17, 15) is 10.0 Å². The third kappa shape index (κ3) is 7.30. The van der Waals surface area contributed by atoms with Crippen LogP contribution in [0, 0.1) is 0 Å². The van der Waals surface area contributed by atoms with Gasteiger partial charge in [0.2, 0.25) is 0 Å². The normalized spacial score (nSPS) is 11.3. The van der Waals surface area contributed by atoms with Gasteiger partial charge in [-0.25, -0.2) is 0 Å². The van der Waals surface area contributed by atoms with Gasteiger partial charge in [0.1, 0.15) is 17.2 Å². The highest BCUT2D eigenvalue weighted by molar-refractivity contribution is 9.11. The lowest BCUT2D eigenvalue weighted by molar-refractivity contribution is -0.115. The molecule has 7 nitrogen and oxygen atoms in total. The Morgan fingerprint density at radius 3 is 2.60 bits per heavy atom. The van der Waals surface area contributed by atoms with Crippen molar-refractivity contribution < 1.29 is 19.5 Å². The average molecular weight is 543 g/mol. The molecule has 2 aromatic rings. The van der Waals surface area contributed by atoms with E-state index in [1.54, 1.807) is 7.11 Å². The minimum Gasteiger partial charge on any atom is -0.497 e. The second-order valence-electron chi connectivity index (χ2n) is 6.44. The van der Waals surface area contributed by atoms with Crippen molar-refractivity contribution in [1.82, 2.24) is 5.32 Å². The molecule has 30 heavy (non-hydrogen) atoms. The number of nitrogens with zero attached hydrogens (tertiary/aromatic N) is 1. The summed E-state index contributed by atoms with van der Waals surface area (Å²) in [7, 11) is 1.61. The highest BCUT2D eigenvalue weighted by Gasteiger charge is 2.18. The number of hydrogen-bond donors (Lipinski definition) is 3. The number of hydrogen-bond acceptors (Lipinski definition) is 6. The summed E-state index contributed by atoms with van der Waals surface area (Å²) in [6, 6.07) is 11.3. The molecule has 0 spiro atoms. The zero-order chi connectivity index (χ0) is 21.9. The standard InChI is InChI=1S/C21H25Br2N3O4/c1-29-17-5-3-14(4-6-17)7-9-25-21(27)19(26-28)12-15-11-16(22)13-18(23)20(15)30-10-2-8-24/h3-6,11,13,28H,2,7-10,12,24H2,1H3,(H,25,27)/b26-19-. The van der Waals surface area contributed by atoms with Crippen LogP contribution in [0.1, 0.15) is 17.5 Å². The smallest absolute Gasteiger partial charge is 0.269 e. The van der Waals surface area contributed by atoms with Crippen LogP contribution in [-0.4, -0.2) is 43.6 Å². The first kappa shape index (κ1) is 24.2. The van der Waals surface area contributed by atoms with Gasteiger partial charge in [-0.2, -0.15) is 0 Å². The predicted molar refractivity (Wildman–Crippen MR) is 124 cm³/mol. The number of ether oxygens (including phenoxy) is 2. The minimum atomic E-state index is -0.435. The zero-order valence-electron chi connectivity index (χ0n) is 16.7. The van der Waals surface area contributed by atoms with E-state index in [1.807, 2.05) is 36.4 Å². The fourth-order valence-electron chi connectivity index (χ4n) is 2.72. The maximum Gasteiger partial charge on any atom is 0.269 e. The number of oxime groups is 1. The van der Waals surface area contributed by atoms with E-state index in [4.69, 9.17) is 15.2 Å². The summed E-state index contributed by atoms with van der Waals surface area (Å²) in [5.74, 6) is 0.941. The van der Waals surface area contributed by atoms with Gasteiger partial charge in [0.05, 0.1) is 18.2 Å². The van der Waals surface area contributed by atoms with Crippen LogP contribution in [0.25, 0.3) is 0 Å². The van der Waals surface area contributed by atoms with Gasteiger partial charge in [-0.3, -0.25) is 4.79 Å². The van der Waals surface area contributed by atoms with Crippen molar-refractivity contribution in [3.8, 4) is 11.5 Å². The van der Waals surface area contributed by atoms with Crippen molar-refractivity contribution >= 4 is 43.5 Å². The zero-order valence-corrected chi connectivity index (χ0v) is 19.8. The molecule has 2 aromatic carbocycles. The van der Waals surface area contributed by atoms with Crippen LogP contribution >= 0.6 is 31.9 Å². The molecule has 1 amide bonds. The molecule has 0 aromatic heterocycles. The molecule has 4 N–H and O–H groups in total. The van der Waals surface area contributed by atoms with Gasteiger partial charge in [0, 0.05) is 23.0 Å². The van der Waals surface area contributed by atoms with Crippen molar-refractivity contribution in [3.63, 3.8) is 0 Å². The van der Waals surface area contributed by atoms with Gasteiger partial charge in [-0.05, 0) is 65.1 Å². The van der Waals surface area contributed by atoms with E-state index in [2.05, 4.69) is 42.3 Å². The molecule has 0 unspecified atom stereocenters. The Hall–Kier alpha value is -2.10. The molecule has 2 rings (SSSR count). The second kappa shape index (κ2) is 12.6. The lowest BCUT2D eigenvalue weighted by atomic mass is 10.1. The first-order valence-electron chi connectivity index (χ1n) is 9.41. The SMILES string of the molecule is COc1ccc(CCNC(=O)/C(Cc2cc(Br)cc(Br)c2OCCCN)=N\O)cc1. The number of rotatable bonds is 11. The highest BCUT2D eigenvalue weighted by atomic mass is 79.9. The number of benzene rings is 2. The van der Waals surface area contributed by atoms with Crippen LogP contribution in [-0.2, 0) is 17.6 Å². The Balaban J connectivity index is 2.00. The quantitative estimate of drug-likeness (QED) is 0.174. The van der Waals surface area contributed by atoms with E-state index in [0.717, 1.165) is 20.3 Å². The average Bonchev–Trinajstić information content (AvgIpc) is 2.74. The number of halogens is 2. The Labute approximate surface area is 192 Å². The first-order valence-corrected chi connectivity index (χ1v) is 11.0. The van der Waals surface area contributed by atoms with Gasteiger partial charge in [-0.15, -0.1) is 0 Å². The van der Waals surface area contributed by atoms with Crippen molar-refractivity contribution in [3.05, 3.63) is 56.5 Å². The fraction of sp³-hybridized carbons (Fsp3) is 0.333. The summed E-state index contributed by atoms with van der Waals surface area (Å²) in [5.41, 5.74) is 7.30. The molecule has 9 heteroatoms. The monoisotopic (exact) mass is 541 g/mol. The number of nitrogens with one attached hydrogen (secondary N) is 1. The summed E-state index contributed by atoms with van der Waals surface area (Å²) < 4.78 is 12.5. The maximum absolute atomic E-state index is 12.5. The number of amides is 1. The summed E-state index contributed by atoms with van der Waals surface area (Å²) in [6.07, 6.45) is 1.46. The topological polar surface area (TPSA) is 106 Å². The molecule has 0 aliphatic carbocycles. The minimum absolute atomic E-state index is 0.00148. The molecule has 0 saturated heterocycles. The summed E-state index contributed by atoms with van der Waals surface area (Å²) in [5, 5.41) is 15.4. The van der Waals surface area contributed by atoms with Crippen molar-refractivity contribution in [2.45, 2.75) is 19.3 Å². The molecule has 0 heterocycles. The molecular weight excluding hydrogens is 518 g/mol. The van der Waals surface area contributed by atoms with E-state index >= 15 is 0 Å². The van der Waals surface area contributed by atoms with E-state index in [1.165, 1.54) is 0 Å².